The van der Waals surface area contributed by atoms with Gasteiger partial charge in [0.25, 0.3) is 0 Å². The Hall–Kier alpha value is -2.57. The zero-order valence-electron chi connectivity index (χ0n) is 10.5. The number of nitrogens with zero attached hydrogens (tertiary/aromatic N) is 3. The molecule has 0 radical (unpaired) electrons. The predicted molar refractivity (Wildman–Crippen MR) is 65.3 cm³/mol. The fourth-order valence-corrected chi connectivity index (χ4v) is 1.52. The summed E-state index contributed by atoms with van der Waals surface area (Å²) in [4.78, 5) is 15.1. The largest absolute Gasteiger partial charge is 0.497 e. The monoisotopic (exact) mass is 263 g/mol. The highest BCUT2D eigenvalue weighted by Crippen LogP contribution is 2.25. The van der Waals surface area contributed by atoms with Crippen molar-refractivity contribution in [2.24, 2.45) is 7.05 Å². The van der Waals surface area contributed by atoms with Crippen LogP contribution in [0.3, 0.4) is 0 Å². The minimum atomic E-state index is -1.06. The van der Waals surface area contributed by atoms with Gasteiger partial charge in [0, 0.05) is 13.1 Å². The number of carbonyl (C=O) groups is 1. The summed E-state index contributed by atoms with van der Waals surface area (Å²) in [6, 6.07) is 4.53. The Bertz CT molecular complexity index is 594. The summed E-state index contributed by atoms with van der Waals surface area (Å²) in [6.45, 7) is 0.129. The SMILES string of the molecule is COc1ccc(C(=O)O)c(OCc2ncnn2C)c1. The second kappa shape index (κ2) is 5.38. The molecule has 2 rings (SSSR count). The molecule has 19 heavy (non-hydrogen) atoms. The van der Waals surface area contributed by atoms with Crippen LogP contribution < -0.4 is 9.47 Å². The minimum Gasteiger partial charge on any atom is -0.497 e. The minimum absolute atomic E-state index is 0.0722. The molecule has 0 bridgehead atoms. The van der Waals surface area contributed by atoms with Crippen molar-refractivity contribution in [1.29, 1.82) is 0 Å². The fourth-order valence-electron chi connectivity index (χ4n) is 1.52. The molecule has 0 saturated heterocycles. The Balaban J connectivity index is 2.22. The zero-order chi connectivity index (χ0) is 13.8. The lowest BCUT2D eigenvalue weighted by Gasteiger charge is -2.10. The molecule has 7 nitrogen and oxygen atoms in total. The zero-order valence-corrected chi connectivity index (χ0v) is 10.5. The highest BCUT2D eigenvalue weighted by Gasteiger charge is 2.13. The Morgan fingerprint density at radius 1 is 1.47 bits per heavy atom. The van der Waals surface area contributed by atoms with E-state index in [1.165, 1.54) is 25.6 Å². The summed E-state index contributed by atoms with van der Waals surface area (Å²) < 4.78 is 12.1. The van der Waals surface area contributed by atoms with Crippen molar-refractivity contribution in [3.05, 3.63) is 35.9 Å². The maximum Gasteiger partial charge on any atom is 0.339 e. The number of methoxy groups -OCH3 is 1. The standard InChI is InChI=1S/C12H13N3O4/c1-15-11(13-7-14-15)6-19-10-5-8(18-2)3-4-9(10)12(16)17/h3-5,7H,6H2,1-2H3,(H,16,17). The summed E-state index contributed by atoms with van der Waals surface area (Å²) >= 11 is 0. The first-order valence-electron chi connectivity index (χ1n) is 5.49. The number of hydrogen-bond donors (Lipinski definition) is 1. The normalized spacial score (nSPS) is 10.2. The average molecular weight is 263 g/mol. The van der Waals surface area contributed by atoms with E-state index in [1.807, 2.05) is 0 Å². The Kier molecular flexibility index (Phi) is 3.65. The molecule has 1 aromatic heterocycles. The van der Waals surface area contributed by atoms with Gasteiger partial charge in [-0.05, 0) is 12.1 Å². The van der Waals surface area contributed by atoms with E-state index in [0.29, 0.717) is 11.6 Å². The van der Waals surface area contributed by atoms with Gasteiger partial charge in [-0.3, -0.25) is 4.68 Å². The predicted octanol–water partition coefficient (Wildman–Crippen LogP) is 1.10. The third-order valence-electron chi connectivity index (χ3n) is 2.58. The van der Waals surface area contributed by atoms with Crippen LogP contribution in [0.2, 0.25) is 0 Å². The van der Waals surface area contributed by atoms with E-state index in [0.717, 1.165) is 0 Å². The fraction of sp³-hybridized carbons (Fsp3) is 0.250. The lowest BCUT2D eigenvalue weighted by atomic mass is 10.2. The number of aromatic carboxylic acids is 1. The number of benzene rings is 1. The molecule has 0 aliphatic carbocycles. The molecule has 2 aromatic rings. The van der Waals surface area contributed by atoms with Crippen LogP contribution in [0.25, 0.3) is 0 Å². The van der Waals surface area contributed by atoms with E-state index in [-0.39, 0.29) is 17.9 Å². The van der Waals surface area contributed by atoms with E-state index in [2.05, 4.69) is 10.1 Å². The molecule has 1 heterocycles. The molecule has 1 aromatic carbocycles. The van der Waals surface area contributed by atoms with E-state index in [4.69, 9.17) is 14.6 Å². The lowest BCUT2D eigenvalue weighted by molar-refractivity contribution is 0.0691. The number of rotatable bonds is 5. The summed E-state index contributed by atoms with van der Waals surface area (Å²) in [5.74, 6) is 0.294. The lowest BCUT2D eigenvalue weighted by Crippen LogP contribution is -2.07. The molecule has 0 aliphatic rings. The van der Waals surface area contributed by atoms with Gasteiger partial charge in [-0.2, -0.15) is 5.10 Å². The van der Waals surface area contributed by atoms with Crippen LogP contribution in [0.15, 0.2) is 24.5 Å². The Morgan fingerprint density at radius 3 is 2.84 bits per heavy atom. The number of aromatic nitrogens is 3. The van der Waals surface area contributed by atoms with Gasteiger partial charge in [0.1, 0.15) is 30.0 Å². The van der Waals surface area contributed by atoms with Crippen molar-refractivity contribution in [2.45, 2.75) is 6.61 Å². The van der Waals surface area contributed by atoms with Crippen molar-refractivity contribution in [1.82, 2.24) is 14.8 Å². The maximum absolute atomic E-state index is 11.1. The second-order valence-corrected chi connectivity index (χ2v) is 3.76. The third kappa shape index (κ3) is 2.82. The average Bonchev–Trinajstić information content (AvgIpc) is 2.81. The van der Waals surface area contributed by atoms with Crippen LogP contribution >= 0.6 is 0 Å². The van der Waals surface area contributed by atoms with Crippen LogP contribution in [0.1, 0.15) is 16.2 Å². The number of carboxylic acids is 1. The van der Waals surface area contributed by atoms with Crippen molar-refractivity contribution in [2.75, 3.05) is 7.11 Å². The van der Waals surface area contributed by atoms with E-state index in [9.17, 15) is 4.79 Å². The highest BCUT2D eigenvalue weighted by atomic mass is 16.5. The number of hydrogen-bond acceptors (Lipinski definition) is 5. The van der Waals surface area contributed by atoms with Gasteiger partial charge in [0.05, 0.1) is 7.11 Å². The highest BCUT2D eigenvalue weighted by molar-refractivity contribution is 5.91. The molecular formula is C12H13N3O4. The van der Waals surface area contributed by atoms with Crippen molar-refractivity contribution in [3.8, 4) is 11.5 Å². The van der Waals surface area contributed by atoms with Crippen LogP contribution in [0.4, 0.5) is 0 Å². The van der Waals surface area contributed by atoms with Gasteiger partial charge in [0.2, 0.25) is 0 Å². The van der Waals surface area contributed by atoms with Gasteiger partial charge < -0.3 is 14.6 Å². The third-order valence-corrected chi connectivity index (χ3v) is 2.58. The summed E-state index contributed by atoms with van der Waals surface area (Å²) in [6.07, 6.45) is 1.41. The van der Waals surface area contributed by atoms with Crippen LogP contribution in [-0.4, -0.2) is 33.0 Å². The van der Waals surface area contributed by atoms with Crippen LogP contribution in [0.5, 0.6) is 11.5 Å². The summed E-state index contributed by atoms with van der Waals surface area (Å²) in [5, 5.41) is 13.0. The molecule has 0 atom stereocenters. The van der Waals surface area contributed by atoms with E-state index >= 15 is 0 Å². The van der Waals surface area contributed by atoms with Gasteiger partial charge in [-0.1, -0.05) is 0 Å². The molecule has 1 N–H and O–H groups in total. The summed E-state index contributed by atoms with van der Waals surface area (Å²) in [5.41, 5.74) is 0.0722. The van der Waals surface area contributed by atoms with Crippen molar-refractivity contribution < 1.29 is 19.4 Å². The van der Waals surface area contributed by atoms with Crippen LogP contribution in [-0.2, 0) is 13.7 Å². The Morgan fingerprint density at radius 2 is 2.26 bits per heavy atom. The molecule has 0 aliphatic heterocycles. The van der Waals surface area contributed by atoms with Crippen molar-refractivity contribution in [3.63, 3.8) is 0 Å². The molecule has 0 spiro atoms. The first kappa shape index (κ1) is 12.9. The number of ether oxygens (including phenoxy) is 2. The van der Waals surface area contributed by atoms with Gasteiger partial charge in [-0.15, -0.1) is 0 Å². The molecule has 7 heteroatoms. The molecule has 0 unspecified atom stereocenters. The molecular weight excluding hydrogens is 250 g/mol. The molecule has 0 saturated carbocycles. The topological polar surface area (TPSA) is 86.5 Å². The Labute approximate surface area is 109 Å². The first-order chi connectivity index (χ1) is 9.11. The van der Waals surface area contributed by atoms with Gasteiger partial charge in [0.15, 0.2) is 5.82 Å². The number of aryl methyl sites for hydroxylation is 1. The number of carboxylic acid groups (broad SMARTS) is 1. The smallest absolute Gasteiger partial charge is 0.339 e. The van der Waals surface area contributed by atoms with E-state index < -0.39 is 5.97 Å². The summed E-state index contributed by atoms with van der Waals surface area (Å²) in [7, 11) is 3.23. The van der Waals surface area contributed by atoms with Gasteiger partial charge in [-0.25, -0.2) is 9.78 Å². The van der Waals surface area contributed by atoms with E-state index in [1.54, 1.807) is 17.8 Å². The molecule has 0 fully saturated rings. The quantitative estimate of drug-likeness (QED) is 0.869. The second-order valence-electron chi connectivity index (χ2n) is 3.76. The van der Waals surface area contributed by atoms with Crippen LogP contribution in [0, 0.1) is 0 Å². The maximum atomic E-state index is 11.1. The van der Waals surface area contributed by atoms with Gasteiger partial charge >= 0.3 is 5.97 Å². The van der Waals surface area contributed by atoms with Crippen molar-refractivity contribution >= 4 is 5.97 Å². The molecule has 100 valence electrons. The molecule has 0 amide bonds. The first-order valence-corrected chi connectivity index (χ1v) is 5.49.